The average Bonchev–Trinajstić information content (AvgIpc) is 3.04. The van der Waals surface area contributed by atoms with E-state index in [2.05, 4.69) is 47.6 Å². The van der Waals surface area contributed by atoms with Gasteiger partial charge in [0.25, 0.3) is 0 Å². The Morgan fingerprint density at radius 2 is 1.81 bits per heavy atom. The molecule has 2 aliphatic rings. The zero-order chi connectivity index (χ0) is 10.8. The lowest BCUT2D eigenvalue weighted by atomic mass is 9.64. The van der Waals surface area contributed by atoms with Crippen molar-refractivity contribution in [1.82, 2.24) is 4.98 Å². The van der Waals surface area contributed by atoms with Crippen molar-refractivity contribution in [2.45, 2.75) is 37.5 Å². The Labute approximate surface area is 97.3 Å². The second kappa shape index (κ2) is 3.97. The van der Waals surface area contributed by atoms with Gasteiger partial charge in [-0.3, -0.25) is 0 Å². The molecule has 84 valence electrons. The number of rotatable bonds is 2. The molecule has 0 unspecified atom stereocenters. The first-order valence-corrected chi connectivity index (χ1v) is 6.41. The highest BCUT2D eigenvalue weighted by Gasteiger charge is 2.40. The molecule has 1 aromatic heterocycles. The van der Waals surface area contributed by atoms with Gasteiger partial charge in [0.1, 0.15) is 0 Å². The summed E-state index contributed by atoms with van der Waals surface area (Å²) in [6, 6.07) is 4.40. The van der Waals surface area contributed by atoms with E-state index in [-0.39, 0.29) is 0 Å². The van der Waals surface area contributed by atoms with Crippen molar-refractivity contribution in [2.75, 3.05) is 0 Å². The van der Waals surface area contributed by atoms with Gasteiger partial charge < -0.3 is 4.98 Å². The summed E-state index contributed by atoms with van der Waals surface area (Å²) in [5, 5.41) is 0. The number of allylic oxidation sites excluding steroid dienone is 4. The van der Waals surface area contributed by atoms with Crippen LogP contribution in [0.15, 0.2) is 42.6 Å². The van der Waals surface area contributed by atoms with Crippen LogP contribution in [0, 0.1) is 5.92 Å². The Balaban J connectivity index is 1.99. The maximum absolute atomic E-state index is 3.46. The summed E-state index contributed by atoms with van der Waals surface area (Å²) in [5.74, 6) is 0.603. The summed E-state index contributed by atoms with van der Waals surface area (Å²) < 4.78 is 0. The molecule has 16 heavy (non-hydrogen) atoms. The van der Waals surface area contributed by atoms with E-state index in [9.17, 15) is 0 Å². The van der Waals surface area contributed by atoms with Crippen LogP contribution in [0.1, 0.15) is 37.8 Å². The fourth-order valence-electron chi connectivity index (χ4n) is 3.41. The first kappa shape index (κ1) is 9.95. The fraction of sp³-hybridized carbons (Fsp3) is 0.467. The second-order valence-electron chi connectivity index (χ2n) is 5.10. The zero-order valence-corrected chi connectivity index (χ0v) is 9.65. The zero-order valence-electron chi connectivity index (χ0n) is 9.65. The van der Waals surface area contributed by atoms with Gasteiger partial charge in [-0.1, -0.05) is 43.6 Å². The number of H-pyrrole nitrogens is 1. The molecule has 0 bridgehead atoms. The molecule has 0 spiro atoms. The molecule has 1 N–H and O–H groups in total. The number of aromatic nitrogens is 1. The van der Waals surface area contributed by atoms with Crippen molar-refractivity contribution in [3.63, 3.8) is 0 Å². The van der Waals surface area contributed by atoms with Gasteiger partial charge in [-0.25, -0.2) is 0 Å². The van der Waals surface area contributed by atoms with Gasteiger partial charge in [-0.15, -0.1) is 0 Å². The molecule has 1 fully saturated rings. The maximum Gasteiger partial charge on any atom is 0.0219 e. The average molecular weight is 213 g/mol. The third kappa shape index (κ3) is 1.46. The molecule has 0 saturated heterocycles. The predicted molar refractivity (Wildman–Crippen MR) is 67.3 cm³/mol. The Morgan fingerprint density at radius 1 is 1.06 bits per heavy atom. The monoisotopic (exact) mass is 213 g/mol. The highest BCUT2D eigenvalue weighted by molar-refractivity contribution is 5.31. The summed E-state index contributed by atoms with van der Waals surface area (Å²) in [7, 11) is 0. The molecule has 0 radical (unpaired) electrons. The van der Waals surface area contributed by atoms with E-state index in [1.807, 2.05) is 0 Å². The van der Waals surface area contributed by atoms with Gasteiger partial charge in [-0.2, -0.15) is 0 Å². The summed E-state index contributed by atoms with van der Waals surface area (Å²) in [4.78, 5) is 3.46. The van der Waals surface area contributed by atoms with Crippen LogP contribution >= 0.6 is 0 Å². The Morgan fingerprint density at radius 3 is 2.44 bits per heavy atom. The van der Waals surface area contributed by atoms with Crippen LogP contribution < -0.4 is 0 Å². The molecule has 2 aliphatic carbocycles. The largest absolute Gasteiger partial charge is 0.365 e. The highest BCUT2D eigenvalue weighted by atomic mass is 14.7. The standard InChI is InChI=1S/C15H19N/c1-4-10-15(11-5-1,13-7-2-3-8-13)14-9-6-12-16-14/h2-3,6-9,12-13,16H,1,4-5,10-11H2. The van der Waals surface area contributed by atoms with Crippen LogP contribution in [0.3, 0.4) is 0 Å². The van der Waals surface area contributed by atoms with E-state index < -0.39 is 0 Å². The van der Waals surface area contributed by atoms with Gasteiger partial charge in [-0.05, 0) is 25.0 Å². The van der Waals surface area contributed by atoms with E-state index in [1.54, 1.807) is 0 Å². The van der Waals surface area contributed by atoms with Crippen molar-refractivity contribution in [1.29, 1.82) is 0 Å². The minimum absolute atomic E-state index is 0.352. The van der Waals surface area contributed by atoms with Crippen molar-refractivity contribution in [3.05, 3.63) is 48.3 Å². The van der Waals surface area contributed by atoms with Crippen molar-refractivity contribution in [3.8, 4) is 0 Å². The van der Waals surface area contributed by atoms with Gasteiger partial charge in [0.05, 0.1) is 0 Å². The number of hydrogen-bond donors (Lipinski definition) is 1. The van der Waals surface area contributed by atoms with Gasteiger partial charge in [0.2, 0.25) is 0 Å². The molecule has 1 heterocycles. The molecule has 0 amide bonds. The molecular weight excluding hydrogens is 194 g/mol. The van der Waals surface area contributed by atoms with Gasteiger partial charge in [0.15, 0.2) is 0 Å². The third-order valence-corrected chi connectivity index (χ3v) is 4.27. The van der Waals surface area contributed by atoms with Crippen LogP contribution in [0.5, 0.6) is 0 Å². The number of aromatic amines is 1. The topological polar surface area (TPSA) is 15.8 Å². The summed E-state index contributed by atoms with van der Waals surface area (Å²) >= 11 is 0. The molecule has 1 saturated carbocycles. The van der Waals surface area contributed by atoms with Crippen molar-refractivity contribution >= 4 is 0 Å². The molecule has 1 heteroatoms. The quantitative estimate of drug-likeness (QED) is 0.765. The van der Waals surface area contributed by atoms with Crippen LogP contribution in [-0.2, 0) is 5.41 Å². The Hall–Kier alpha value is -1.24. The molecule has 0 aliphatic heterocycles. The van der Waals surface area contributed by atoms with Crippen LogP contribution in [0.25, 0.3) is 0 Å². The lowest BCUT2D eigenvalue weighted by Crippen LogP contribution is -2.35. The van der Waals surface area contributed by atoms with Crippen LogP contribution in [0.4, 0.5) is 0 Å². The van der Waals surface area contributed by atoms with E-state index in [1.165, 1.54) is 37.8 Å². The third-order valence-electron chi connectivity index (χ3n) is 4.27. The lowest BCUT2D eigenvalue weighted by molar-refractivity contribution is 0.248. The van der Waals surface area contributed by atoms with Crippen LogP contribution in [-0.4, -0.2) is 4.98 Å². The molecule has 3 rings (SSSR count). The Kier molecular flexibility index (Phi) is 2.47. The smallest absolute Gasteiger partial charge is 0.0219 e. The summed E-state index contributed by atoms with van der Waals surface area (Å²) in [5.41, 5.74) is 1.79. The van der Waals surface area contributed by atoms with Crippen molar-refractivity contribution in [2.24, 2.45) is 5.92 Å². The predicted octanol–water partition coefficient (Wildman–Crippen LogP) is 3.96. The molecular formula is C15H19N. The first-order chi connectivity index (χ1) is 7.92. The normalized spacial score (nSPS) is 24.0. The van der Waals surface area contributed by atoms with E-state index in [4.69, 9.17) is 0 Å². The highest BCUT2D eigenvalue weighted by Crippen LogP contribution is 2.46. The molecule has 1 aromatic rings. The van der Waals surface area contributed by atoms with Gasteiger partial charge in [0, 0.05) is 23.2 Å². The van der Waals surface area contributed by atoms with Crippen LogP contribution in [0.2, 0.25) is 0 Å². The fourth-order valence-corrected chi connectivity index (χ4v) is 3.41. The number of hydrogen-bond acceptors (Lipinski definition) is 0. The van der Waals surface area contributed by atoms with E-state index in [0.29, 0.717) is 11.3 Å². The minimum Gasteiger partial charge on any atom is -0.365 e. The molecule has 0 atom stereocenters. The SMILES string of the molecule is C1=CC(C2(c3ccc[nH]3)CCCCC2)C=C1. The number of nitrogens with one attached hydrogen (secondary N) is 1. The van der Waals surface area contributed by atoms with E-state index in [0.717, 1.165) is 0 Å². The van der Waals surface area contributed by atoms with Gasteiger partial charge >= 0.3 is 0 Å². The summed E-state index contributed by atoms with van der Waals surface area (Å²) in [6.45, 7) is 0. The molecule has 0 aromatic carbocycles. The maximum atomic E-state index is 3.46. The van der Waals surface area contributed by atoms with E-state index >= 15 is 0 Å². The summed E-state index contributed by atoms with van der Waals surface area (Å²) in [6.07, 6.45) is 18.0. The van der Waals surface area contributed by atoms with Crippen molar-refractivity contribution < 1.29 is 0 Å². The second-order valence-corrected chi connectivity index (χ2v) is 5.10. The lowest BCUT2D eigenvalue weighted by Gasteiger charge is -2.40. The first-order valence-electron chi connectivity index (χ1n) is 6.41. The minimum atomic E-state index is 0.352. The Bertz CT molecular complexity index is 379. The molecule has 1 nitrogen and oxygen atoms in total.